The van der Waals surface area contributed by atoms with Gasteiger partial charge in [-0.05, 0) is 13.2 Å². The van der Waals surface area contributed by atoms with Gasteiger partial charge in [0, 0.05) is 17.5 Å². The number of aliphatic hydroxyl groups is 1. The van der Waals surface area contributed by atoms with Gasteiger partial charge in [-0.25, -0.2) is 4.68 Å². The molecule has 6 nitrogen and oxygen atoms in total. The third-order valence-electron chi connectivity index (χ3n) is 2.21. The molecular formula is C9H16N4O2S. The highest BCUT2D eigenvalue weighted by molar-refractivity contribution is 7.99. The lowest BCUT2D eigenvalue weighted by atomic mass is 10.2. The van der Waals surface area contributed by atoms with Gasteiger partial charge >= 0.3 is 0 Å². The molecule has 1 amide bonds. The van der Waals surface area contributed by atoms with Crippen LogP contribution >= 0.6 is 11.8 Å². The minimum Gasteiger partial charge on any atom is -0.395 e. The van der Waals surface area contributed by atoms with Gasteiger partial charge in [0.15, 0.2) is 0 Å². The lowest BCUT2D eigenvalue weighted by Crippen LogP contribution is -2.42. The molecule has 0 aliphatic heterocycles. The number of hydrogen-bond acceptors (Lipinski definition) is 5. The lowest BCUT2D eigenvalue weighted by Gasteiger charge is -2.21. The van der Waals surface area contributed by atoms with E-state index in [0.29, 0.717) is 0 Å². The molecule has 7 heteroatoms. The van der Waals surface area contributed by atoms with Gasteiger partial charge < -0.3 is 10.4 Å². The summed E-state index contributed by atoms with van der Waals surface area (Å²) in [6, 6.07) is -0.0731. The summed E-state index contributed by atoms with van der Waals surface area (Å²) in [4.78, 5) is 11.6. The smallest absolute Gasteiger partial charge is 0.242 e. The van der Waals surface area contributed by atoms with Crippen molar-refractivity contribution in [2.75, 3.05) is 12.9 Å². The van der Waals surface area contributed by atoms with E-state index >= 15 is 0 Å². The molecule has 0 bridgehead atoms. The van der Waals surface area contributed by atoms with Crippen molar-refractivity contribution in [3.05, 3.63) is 12.4 Å². The summed E-state index contributed by atoms with van der Waals surface area (Å²) in [7, 11) is 0. The lowest BCUT2D eigenvalue weighted by molar-refractivity contribution is -0.122. The van der Waals surface area contributed by atoms with Crippen LogP contribution in [0.3, 0.4) is 0 Å². The van der Waals surface area contributed by atoms with Crippen molar-refractivity contribution in [3.63, 3.8) is 0 Å². The fourth-order valence-electron chi connectivity index (χ4n) is 1.29. The maximum atomic E-state index is 11.6. The average molecular weight is 244 g/mol. The number of aliphatic hydroxyl groups excluding tert-OH is 1. The number of carbonyl (C=O) groups excluding carboxylic acids is 1. The molecule has 1 aromatic rings. The predicted molar refractivity (Wildman–Crippen MR) is 62.0 cm³/mol. The van der Waals surface area contributed by atoms with E-state index in [9.17, 15) is 4.79 Å². The molecule has 0 spiro atoms. The second-order valence-electron chi connectivity index (χ2n) is 3.41. The second kappa shape index (κ2) is 6.49. The van der Waals surface area contributed by atoms with Crippen LogP contribution in [0.15, 0.2) is 12.4 Å². The quantitative estimate of drug-likeness (QED) is 0.705. The second-order valence-corrected chi connectivity index (χ2v) is 4.49. The topological polar surface area (TPSA) is 80.0 Å². The van der Waals surface area contributed by atoms with Crippen molar-refractivity contribution in [2.45, 2.75) is 24.8 Å². The Morgan fingerprint density at radius 1 is 1.69 bits per heavy atom. The van der Waals surface area contributed by atoms with Gasteiger partial charge in [0.2, 0.25) is 5.91 Å². The Hall–Kier alpha value is -1.08. The van der Waals surface area contributed by atoms with Gasteiger partial charge in [0.1, 0.15) is 6.54 Å². The number of rotatable bonds is 6. The number of aromatic nitrogens is 3. The average Bonchev–Trinajstić information content (AvgIpc) is 2.71. The molecule has 2 N–H and O–H groups in total. The van der Waals surface area contributed by atoms with E-state index in [4.69, 9.17) is 5.11 Å². The zero-order valence-corrected chi connectivity index (χ0v) is 10.1. The third kappa shape index (κ3) is 3.82. The zero-order chi connectivity index (χ0) is 12.0. The van der Waals surface area contributed by atoms with Gasteiger partial charge in [-0.1, -0.05) is 5.21 Å². The summed E-state index contributed by atoms with van der Waals surface area (Å²) in [5.41, 5.74) is 0. The van der Waals surface area contributed by atoms with Gasteiger partial charge in [-0.3, -0.25) is 4.79 Å². The third-order valence-corrected chi connectivity index (χ3v) is 3.37. The van der Waals surface area contributed by atoms with Crippen LogP contribution in [0.4, 0.5) is 0 Å². The van der Waals surface area contributed by atoms with Crippen LogP contribution in [0.5, 0.6) is 0 Å². The van der Waals surface area contributed by atoms with E-state index in [1.165, 1.54) is 22.6 Å². The highest BCUT2D eigenvalue weighted by Gasteiger charge is 2.17. The highest BCUT2D eigenvalue weighted by Crippen LogP contribution is 2.09. The van der Waals surface area contributed by atoms with E-state index in [1.54, 1.807) is 6.20 Å². The van der Waals surface area contributed by atoms with E-state index in [-0.39, 0.29) is 30.4 Å². The first-order valence-electron chi connectivity index (χ1n) is 4.94. The van der Waals surface area contributed by atoms with Crippen LogP contribution in [-0.4, -0.2) is 50.2 Å². The summed E-state index contributed by atoms with van der Waals surface area (Å²) < 4.78 is 1.45. The Morgan fingerprint density at radius 3 is 2.94 bits per heavy atom. The molecule has 2 atom stereocenters. The molecule has 1 rings (SSSR count). The molecule has 0 saturated carbocycles. The molecule has 0 saturated heterocycles. The number of nitrogens with one attached hydrogen (secondary N) is 1. The zero-order valence-electron chi connectivity index (χ0n) is 9.33. The standard InChI is InChI=1S/C9H16N4O2S/c1-7(8(6-14)16-2)11-9(15)5-13-4-3-10-12-13/h3-4,7-8,14H,5-6H2,1-2H3,(H,11,15). The minimum absolute atomic E-state index is 0.0136. The molecule has 0 aromatic carbocycles. The molecule has 16 heavy (non-hydrogen) atoms. The Balaban J connectivity index is 2.39. The van der Waals surface area contributed by atoms with Crippen molar-refractivity contribution in [1.82, 2.24) is 20.3 Å². The van der Waals surface area contributed by atoms with Crippen molar-refractivity contribution >= 4 is 17.7 Å². The van der Waals surface area contributed by atoms with Gasteiger partial charge in [0.05, 0.1) is 12.8 Å². The Kier molecular flexibility index (Phi) is 5.27. The number of nitrogens with zero attached hydrogens (tertiary/aromatic N) is 3. The number of amides is 1. The fourth-order valence-corrected chi connectivity index (χ4v) is 1.92. The van der Waals surface area contributed by atoms with Crippen LogP contribution in [0.25, 0.3) is 0 Å². The van der Waals surface area contributed by atoms with Crippen LogP contribution in [0, 0.1) is 0 Å². The molecule has 0 aliphatic rings. The van der Waals surface area contributed by atoms with Gasteiger partial charge in [0.25, 0.3) is 0 Å². The van der Waals surface area contributed by atoms with E-state index in [2.05, 4.69) is 15.6 Å². The first kappa shape index (κ1) is 13.0. The van der Waals surface area contributed by atoms with Crippen LogP contribution in [-0.2, 0) is 11.3 Å². The minimum atomic E-state index is -0.134. The molecule has 0 fully saturated rings. The predicted octanol–water partition coefficient (Wildman–Crippen LogP) is -0.493. The van der Waals surface area contributed by atoms with E-state index in [1.807, 2.05) is 13.2 Å². The van der Waals surface area contributed by atoms with Crippen molar-refractivity contribution < 1.29 is 9.90 Å². The summed E-state index contributed by atoms with van der Waals surface area (Å²) >= 11 is 1.53. The number of thioether (sulfide) groups is 1. The Bertz CT molecular complexity index is 313. The molecule has 0 radical (unpaired) electrons. The first-order valence-corrected chi connectivity index (χ1v) is 6.23. The van der Waals surface area contributed by atoms with Crippen molar-refractivity contribution in [2.24, 2.45) is 0 Å². The largest absolute Gasteiger partial charge is 0.395 e. The van der Waals surface area contributed by atoms with E-state index < -0.39 is 0 Å². The highest BCUT2D eigenvalue weighted by atomic mass is 32.2. The maximum Gasteiger partial charge on any atom is 0.242 e. The Morgan fingerprint density at radius 2 is 2.44 bits per heavy atom. The number of carbonyl (C=O) groups is 1. The van der Waals surface area contributed by atoms with Crippen LogP contribution in [0.2, 0.25) is 0 Å². The van der Waals surface area contributed by atoms with Gasteiger partial charge in [-0.2, -0.15) is 11.8 Å². The molecular weight excluding hydrogens is 228 g/mol. The van der Waals surface area contributed by atoms with E-state index in [0.717, 1.165) is 0 Å². The summed E-state index contributed by atoms with van der Waals surface area (Å²) in [6.07, 6.45) is 5.05. The van der Waals surface area contributed by atoms with Gasteiger partial charge in [-0.15, -0.1) is 5.10 Å². The van der Waals surface area contributed by atoms with Crippen molar-refractivity contribution in [1.29, 1.82) is 0 Å². The molecule has 0 aliphatic carbocycles. The molecule has 1 aromatic heterocycles. The van der Waals surface area contributed by atoms with Crippen LogP contribution < -0.4 is 5.32 Å². The SMILES string of the molecule is CSC(CO)C(C)NC(=O)Cn1ccnn1. The molecule has 90 valence electrons. The Labute approximate surface area is 98.4 Å². The molecule has 1 heterocycles. The number of hydrogen-bond donors (Lipinski definition) is 2. The summed E-state index contributed by atoms with van der Waals surface area (Å²) in [5, 5.41) is 19.2. The summed E-state index contributed by atoms with van der Waals surface area (Å²) in [5.74, 6) is -0.134. The fraction of sp³-hybridized carbons (Fsp3) is 0.667. The normalized spacial score (nSPS) is 14.4. The first-order chi connectivity index (χ1) is 7.67. The monoisotopic (exact) mass is 244 g/mol. The van der Waals surface area contributed by atoms with Crippen molar-refractivity contribution in [3.8, 4) is 0 Å². The summed E-state index contributed by atoms with van der Waals surface area (Å²) in [6.45, 7) is 2.07. The molecule has 2 unspecified atom stereocenters. The maximum absolute atomic E-state index is 11.6. The van der Waals surface area contributed by atoms with Crippen LogP contribution in [0.1, 0.15) is 6.92 Å².